The Morgan fingerprint density at radius 1 is 1.44 bits per heavy atom. The van der Waals surface area contributed by atoms with Crippen LogP contribution in [0, 0.1) is 6.92 Å². The Bertz CT molecular complexity index is 551. The summed E-state index contributed by atoms with van der Waals surface area (Å²) >= 11 is 1.42. The summed E-state index contributed by atoms with van der Waals surface area (Å²) in [6.45, 7) is 1.90. The molecule has 0 atom stereocenters. The second-order valence-electron chi connectivity index (χ2n) is 3.83. The molecule has 2 aromatic rings. The van der Waals surface area contributed by atoms with Gasteiger partial charge in [0.05, 0.1) is 19.2 Å². The average molecular weight is 262 g/mol. The Kier molecular flexibility index (Phi) is 3.94. The number of carbonyl (C=O) groups excluding carboxylic acids is 1. The average Bonchev–Trinajstić information content (AvgIpc) is 2.75. The molecular formula is C13H14N2O2S. The standard InChI is InChI=1S/C13H14N2O2S/c1-9-8-18-13(14-9)15-12(16)7-10-5-3-4-6-11(10)17-2/h3-6,8H,7H2,1-2H3,(H,14,15,16). The van der Waals surface area contributed by atoms with Crippen molar-refractivity contribution in [1.29, 1.82) is 0 Å². The number of carbonyl (C=O) groups is 1. The maximum absolute atomic E-state index is 11.9. The van der Waals surface area contributed by atoms with Gasteiger partial charge in [-0.1, -0.05) is 18.2 Å². The fourth-order valence-electron chi connectivity index (χ4n) is 1.60. The smallest absolute Gasteiger partial charge is 0.230 e. The molecule has 0 fully saturated rings. The molecule has 1 aromatic carbocycles. The molecule has 0 aliphatic rings. The molecule has 0 spiro atoms. The third-order valence-electron chi connectivity index (χ3n) is 2.41. The van der Waals surface area contributed by atoms with Crippen LogP contribution in [0.2, 0.25) is 0 Å². The number of aryl methyl sites for hydroxylation is 1. The molecule has 0 aliphatic heterocycles. The predicted molar refractivity (Wildman–Crippen MR) is 72.2 cm³/mol. The number of thiazole rings is 1. The summed E-state index contributed by atoms with van der Waals surface area (Å²) in [5.74, 6) is 0.636. The second-order valence-corrected chi connectivity index (χ2v) is 4.69. The highest BCUT2D eigenvalue weighted by Crippen LogP contribution is 2.19. The van der Waals surface area contributed by atoms with E-state index in [1.807, 2.05) is 36.6 Å². The molecule has 4 nitrogen and oxygen atoms in total. The zero-order chi connectivity index (χ0) is 13.0. The van der Waals surface area contributed by atoms with Crippen molar-refractivity contribution in [2.45, 2.75) is 13.3 Å². The van der Waals surface area contributed by atoms with Gasteiger partial charge in [-0.05, 0) is 13.0 Å². The van der Waals surface area contributed by atoms with Crippen molar-refractivity contribution in [1.82, 2.24) is 4.98 Å². The van der Waals surface area contributed by atoms with E-state index in [-0.39, 0.29) is 12.3 Å². The molecule has 1 N–H and O–H groups in total. The Balaban J connectivity index is 2.03. The number of methoxy groups -OCH3 is 1. The molecule has 0 bridgehead atoms. The van der Waals surface area contributed by atoms with E-state index in [1.165, 1.54) is 11.3 Å². The summed E-state index contributed by atoms with van der Waals surface area (Å²) in [7, 11) is 1.60. The number of nitrogens with one attached hydrogen (secondary N) is 1. The number of ether oxygens (including phenoxy) is 1. The van der Waals surface area contributed by atoms with Crippen LogP contribution >= 0.6 is 11.3 Å². The minimum atomic E-state index is -0.0890. The zero-order valence-electron chi connectivity index (χ0n) is 10.3. The summed E-state index contributed by atoms with van der Waals surface area (Å²) < 4.78 is 5.21. The predicted octanol–water partition coefficient (Wildman–Crippen LogP) is 2.64. The number of aromatic nitrogens is 1. The fraction of sp³-hybridized carbons (Fsp3) is 0.231. The SMILES string of the molecule is COc1ccccc1CC(=O)Nc1nc(C)cs1. The van der Waals surface area contributed by atoms with E-state index < -0.39 is 0 Å². The molecule has 2 rings (SSSR count). The maximum Gasteiger partial charge on any atom is 0.230 e. The minimum Gasteiger partial charge on any atom is -0.496 e. The molecule has 1 amide bonds. The Morgan fingerprint density at radius 2 is 2.22 bits per heavy atom. The van der Waals surface area contributed by atoms with Crippen LogP contribution in [0.3, 0.4) is 0 Å². The Labute approximate surface area is 110 Å². The van der Waals surface area contributed by atoms with Crippen LogP contribution in [0.25, 0.3) is 0 Å². The quantitative estimate of drug-likeness (QED) is 0.921. The van der Waals surface area contributed by atoms with E-state index >= 15 is 0 Å². The monoisotopic (exact) mass is 262 g/mol. The number of benzene rings is 1. The number of nitrogens with zero attached hydrogens (tertiary/aromatic N) is 1. The van der Waals surface area contributed by atoms with Crippen LogP contribution in [-0.4, -0.2) is 18.0 Å². The van der Waals surface area contributed by atoms with Crippen LogP contribution in [0.5, 0.6) is 5.75 Å². The lowest BCUT2D eigenvalue weighted by atomic mass is 10.1. The van der Waals surface area contributed by atoms with E-state index in [9.17, 15) is 4.79 Å². The van der Waals surface area contributed by atoms with Crippen LogP contribution in [0.15, 0.2) is 29.6 Å². The van der Waals surface area contributed by atoms with Crippen molar-refractivity contribution in [2.75, 3.05) is 12.4 Å². The van der Waals surface area contributed by atoms with Gasteiger partial charge in [0.1, 0.15) is 5.75 Å². The molecular weight excluding hydrogens is 248 g/mol. The molecule has 18 heavy (non-hydrogen) atoms. The minimum absolute atomic E-state index is 0.0890. The molecule has 0 aliphatic carbocycles. The number of amides is 1. The van der Waals surface area contributed by atoms with Gasteiger partial charge in [-0.2, -0.15) is 0 Å². The van der Waals surface area contributed by atoms with Crippen molar-refractivity contribution in [3.8, 4) is 5.75 Å². The fourth-order valence-corrected chi connectivity index (χ4v) is 2.30. The molecule has 1 heterocycles. The van der Waals surface area contributed by atoms with Gasteiger partial charge in [-0.25, -0.2) is 4.98 Å². The van der Waals surface area contributed by atoms with E-state index in [1.54, 1.807) is 7.11 Å². The number of hydrogen-bond donors (Lipinski definition) is 1. The number of anilines is 1. The molecule has 0 saturated carbocycles. The first kappa shape index (κ1) is 12.6. The van der Waals surface area contributed by atoms with E-state index in [2.05, 4.69) is 10.3 Å². The highest BCUT2D eigenvalue weighted by molar-refractivity contribution is 7.13. The number of hydrogen-bond acceptors (Lipinski definition) is 4. The van der Waals surface area contributed by atoms with Gasteiger partial charge in [0, 0.05) is 10.9 Å². The van der Waals surface area contributed by atoms with Crippen molar-refractivity contribution in [3.05, 3.63) is 40.9 Å². The van der Waals surface area contributed by atoms with Gasteiger partial charge >= 0.3 is 0 Å². The first-order valence-electron chi connectivity index (χ1n) is 5.53. The molecule has 1 aromatic heterocycles. The number of rotatable bonds is 4. The maximum atomic E-state index is 11.9. The highest BCUT2D eigenvalue weighted by atomic mass is 32.1. The third-order valence-corrected chi connectivity index (χ3v) is 3.28. The van der Waals surface area contributed by atoms with Gasteiger partial charge in [0.25, 0.3) is 0 Å². The van der Waals surface area contributed by atoms with Crippen molar-refractivity contribution >= 4 is 22.4 Å². The third kappa shape index (κ3) is 3.07. The van der Waals surface area contributed by atoms with E-state index in [0.717, 1.165) is 17.0 Å². The molecule has 0 unspecified atom stereocenters. The molecule has 5 heteroatoms. The van der Waals surface area contributed by atoms with Gasteiger partial charge in [-0.3, -0.25) is 4.79 Å². The van der Waals surface area contributed by atoms with Crippen molar-refractivity contribution in [2.24, 2.45) is 0 Å². The highest BCUT2D eigenvalue weighted by Gasteiger charge is 2.09. The van der Waals surface area contributed by atoms with Crippen molar-refractivity contribution < 1.29 is 9.53 Å². The lowest BCUT2D eigenvalue weighted by Crippen LogP contribution is -2.14. The van der Waals surface area contributed by atoms with Crippen molar-refractivity contribution in [3.63, 3.8) is 0 Å². The van der Waals surface area contributed by atoms with Crippen LogP contribution in [-0.2, 0) is 11.2 Å². The second kappa shape index (κ2) is 5.64. The molecule has 94 valence electrons. The van der Waals surface area contributed by atoms with Gasteiger partial charge in [-0.15, -0.1) is 11.3 Å². The largest absolute Gasteiger partial charge is 0.496 e. The molecule has 0 radical (unpaired) electrons. The number of para-hydroxylation sites is 1. The lowest BCUT2D eigenvalue weighted by molar-refractivity contribution is -0.115. The normalized spacial score (nSPS) is 10.1. The van der Waals surface area contributed by atoms with Crippen LogP contribution in [0.1, 0.15) is 11.3 Å². The van der Waals surface area contributed by atoms with E-state index in [0.29, 0.717) is 5.13 Å². The Morgan fingerprint density at radius 3 is 2.89 bits per heavy atom. The van der Waals surface area contributed by atoms with Gasteiger partial charge < -0.3 is 10.1 Å². The van der Waals surface area contributed by atoms with Gasteiger partial charge in [0.2, 0.25) is 5.91 Å². The zero-order valence-corrected chi connectivity index (χ0v) is 11.1. The first-order valence-corrected chi connectivity index (χ1v) is 6.41. The van der Waals surface area contributed by atoms with Gasteiger partial charge in [0.15, 0.2) is 5.13 Å². The summed E-state index contributed by atoms with van der Waals surface area (Å²) in [6.07, 6.45) is 0.280. The van der Waals surface area contributed by atoms with Crippen LogP contribution in [0.4, 0.5) is 5.13 Å². The summed E-state index contributed by atoms with van der Waals surface area (Å²) in [5, 5.41) is 5.31. The van der Waals surface area contributed by atoms with Crippen LogP contribution < -0.4 is 10.1 Å². The summed E-state index contributed by atoms with van der Waals surface area (Å²) in [4.78, 5) is 16.0. The lowest BCUT2D eigenvalue weighted by Gasteiger charge is -2.07. The summed E-state index contributed by atoms with van der Waals surface area (Å²) in [6, 6.07) is 7.49. The first-order chi connectivity index (χ1) is 8.69. The topological polar surface area (TPSA) is 51.2 Å². The van der Waals surface area contributed by atoms with E-state index in [4.69, 9.17) is 4.74 Å². The molecule has 0 saturated heterocycles. The summed E-state index contributed by atoms with van der Waals surface area (Å²) in [5.41, 5.74) is 1.78. The Hall–Kier alpha value is -1.88.